The van der Waals surface area contributed by atoms with E-state index in [0.29, 0.717) is 17.7 Å². The maximum atomic E-state index is 13.6. The average Bonchev–Trinajstić information content (AvgIpc) is 2.40. The molecule has 0 bridgehead atoms. The van der Waals surface area contributed by atoms with Crippen LogP contribution in [-0.2, 0) is 6.54 Å². The van der Waals surface area contributed by atoms with Crippen molar-refractivity contribution in [2.75, 3.05) is 5.32 Å². The zero-order valence-corrected chi connectivity index (χ0v) is 12.0. The molecule has 0 aliphatic carbocycles. The number of aryl methyl sites for hydroxylation is 1. The Balaban J connectivity index is 2.13. The fourth-order valence-corrected chi connectivity index (χ4v) is 2.18. The van der Waals surface area contributed by atoms with E-state index in [0.717, 1.165) is 15.7 Å². The van der Waals surface area contributed by atoms with Gasteiger partial charge in [0.1, 0.15) is 5.82 Å². The molecule has 0 aromatic heterocycles. The molecule has 2 aromatic rings. The van der Waals surface area contributed by atoms with Crippen molar-refractivity contribution in [2.45, 2.75) is 13.5 Å². The Labute approximate surface area is 120 Å². The standard InChI is InChI=1S/C15H12BrFN2/c1-10-6-14(4-2-11(10)8-18)19-9-12-7-13(16)3-5-15(12)17/h2-7,19H,9H2,1H3. The van der Waals surface area contributed by atoms with Crippen LogP contribution in [-0.4, -0.2) is 0 Å². The van der Waals surface area contributed by atoms with Gasteiger partial charge in [-0.2, -0.15) is 5.26 Å². The quantitative estimate of drug-likeness (QED) is 0.911. The van der Waals surface area contributed by atoms with Gasteiger partial charge >= 0.3 is 0 Å². The zero-order valence-electron chi connectivity index (χ0n) is 10.4. The molecule has 0 saturated heterocycles. The fraction of sp³-hybridized carbons (Fsp3) is 0.133. The van der Waals surface area contributed by atoms with Crippen molar-refractivity contribution in [3.63, 3.8) is 0 Å². The molecule has 0 saturated carbocycles. The third-order valence-corrected chi connectivity index (χ3v) is 3.33. The van der Waals surface area contributed by atoms with Gasteiger partial charge in [-0.1, -0.05) is 15.9 Å². The first kappa shape index (κ1) is 13.6. The maximum Gasteiger partial charge on any atom is 0.128 e. The summed E-state index contributed by atoms with van der Waals surface area (Å²) in [6.07, 6.45) is 0. The predicted molar refractivity (Wildman–Crippen MR) is 77.3 cm³/mol. The lowest BCUT2D eigenvalue weighted by Crippen LogP contribution is -2.02. The Morgan fingerprint density at radius 3 is 2.74 bits per heavy atom. The Bertz CT molecular complexity index is 647. The topological polar surface area (TPSA) is 35.8 Å². The monoisotopic (exact) mass is 318 g/mol. The highest BCUT2D eigenvalue weighted by atomic mass is 79.9. The average molecular weight is 319 g/mol. The van der Waals surface area contributed by atoms with E-state index in [1.165, 1.54) is 6.07 Å². The first-order valence-electron chi connectivity index (χ1n) is 5.78. The Kier molecular flexibility index (Phi) is 4.18. The van der Waals surface area contributed by atoms with Gasteiger partial charge in [0.15, 0.2) is 0 Å². The molecule has 0 atom stereocenters. The van der Waals surface area contributed by atoms with Crippen molar-refractivity contribution in [1.29, 1.82) is 5.26 Å². The van der Waals surface area contributed by atoms with E-state index in [1.54, 1.807) is 18.2 Å². The van der Waals surface area contributed by atoms with Crippen LogP contribution < -0.4 is 5.32 Å². The summed E-state index contributed by atoms with van der Waals surface area (Å²) in [5.41, 5.74) is 3.02. The summed E-state index contributed by atoms with van der Waals surface area (Å²) in [7, 11) is 0. The first-order chi connectivity index (χ1) is 9.10. The molecule has 0 heterocycles. The summed E-state index contributed by atoms with van der Waals surface area (Å²) in [6.45, 7) is 2.28. The van der Waals surface area contributed by atoms with Crippen molar-refractivity contribution in [3.05, 3.63) is 63.4 Å². The highest BCUT2D eigenvalue weighted by Gasteiger charge is 2.04. The Morgan fingerprint density at radius 1 is 1.26 bits per heavy atom. The van der Waals surface area contributed by atoms with Crippen molar-refractivity contribution in [3.8, 4) is 6.07 Å². The van der Waals surface area contributed by atoms with E-state index in [2.05, 4.69) is 27.3 Å². The molecule has 0 aliphatic heterocycles. The van der Waals surface area contributed by atoms with Gasteiger partial charge in [0.25, 0.3) is 0 Å². The lowest BCUT2D eigenvalue weighted by molar-refractivity contribution is 0.612. The smallest absolute Gasteiger partial charge is 0.128 e. The van der Waals surface area contributed by atoms with Crippen LogP contribution in [0, 0.1) is 24.1 Å². The highest BCUT2D eigenvalue weighted by molar-refractivity contribution is 9.10. The van der Waals surface area contributed by atoms with Crippen LogP contribution in [0.3, 0.4) is 0 Å². The summed E-state index contributed by atoms with van der Waals surface area (Å²) in [4.78, 5) is 0. The second kappa shape index (κ2) is 5.85. The molecule has 0 radical (unpaired) electrons. The van der Waals surface area contributed by atoms with Crippen molar-refractivity contribution >= 4 is 21.6 Å². The number of benzene rings is 2. The van der Waals surface area contributed by atoms with E-state index < -0.39 is 0 Å². The van der Waals surface area contributed by atoms with E-state index in [1.807, 2.05) is 19.1 Å². The van der Waals surface area contributed by atoms with Crippen LogP contribution in [0.5, 0.6) is 0 Å². The first-order valence-corrected chi connectivity index (χ1v) is 6.58. The summed E-state index contributed by atoms with van der Waals surface area (Å²) in [5, 5.41) is 12.0. The minimum absolute atomic E-state index is 0.235. The summed E-state index contributed by atoms with van der Waals surface area (Å²) in [6, 6.07) is 12.4. The zero-order chi connectivity index (χ0) is 13.8. The number of hydrogen-bond acceptors (Lipinski definition) is 2. The van der Waals surface area contributed by atoms with Gasteiger partial charge in [-0.15, -0.1) is 0 Å². The third kappa shape index (κ3) is 3.33. The third-order valence-electron chi connectivity index (χ3n) is 2.84. The molecule has 1 N–H and O–H groups in total. The largest absolute Gasteiger partial charge is 0.381 e. The number of nitriles is 1. The van der Waals surface area contributed by atoms with E-state index >= 15 is 0 Å². The maximum absolute atomic E-state index is 13.6. The molecule has 0 fully saturated rings. The van der Waals surface area contributed by atoms with Crippen molar-refractivity contribution in [2.24, 2.45) is 0 Å². The Morgan fingerprint density at radius 2 is 2.05 bits per heavy atom. The number of anilines is 1. The van der Waals surface area contributed by atoms with Crippen molar-refractivity contribution < 1.29 is 4.39 Å². The lowest BCUT2D eigenvalue weighted by atomic mass is 10.1. The van der Waals surface area contributed by atoms with Gasteiger partial charge < -0.3 is 5.32 Å². The summed E-state index contributed by atoms with van der Waals surface area (Å²) < 4.78 is 14.4. The summed E-state index contributed by atoms with van der Waals surface area (Å²) >= 11 is 3.32. The van der Waals surface area contributed by atoms with Gasteiger partial charge in [-0.3, -0.25) is 0 Å². The molecule has 0 unspecified atom stereocenters. The fourth-order valence-electron chi connectivity index (χ4n) is 1.78. The number of nitrogens with zero attached hydrogens (tertiary/aromatic N) is 1. The molecule has 96 valence electrons. The van der Waals surface area contributed by atoms with Gasteiger partial charge in [-0.25, -0.2) is 4.39 Å². The predicted octanol–water partition coefficient (Wildman–Crippen LogP) is 4.38. The second-order valence-electron chi connectivity index (χ2n) is 4.23. The van der Waals surface area contributed by atoms with E-state index in [4.69, 9.17) is 5.26 Å². The highest BCUT2D eigenvalue weighted by Crippen LogP contribution is 2.19. The second-order valence-corrected chi connectivity index (χ2v) is 5.15. The number of nitrogens with one attached hydrogen (secondary N) is 1. The molecule has 0 spiro atoms. The molecule has 4 heteroatoms. The molecule has 19 heavy (non-hydrogen) atoms. The number of halogens is 2. The van der Waals surface area contributed by atoms with Gasteiger partial charge in [0.05, 0.1) is 11.6 Å². The molecule has 0 aliphatic rings. The lowest BCUT2D eigenvalue weighted by Gasteiger charge is -2.09. The SMILES string of the molecule is Cc1cc(NCc2cc(Br)ccc2F)ccc1C#N. The van der Waals surface area contributed by atoms with Crippen LogP contribution in [0.25, 0.3) is 0 Å². The van der Waals surface area contributed by atoms with Gasteiger partial charge in [0, 0.05) is 22.3 Å². The van der Waals surface area contributed by atoms with Crippen LogP contribution in [0.2, 0.25) is 0 Å². The van der Waals surface area contributed by atoms with E-state index in [-0.39, 0.29) is 5.82 Å². The van der Waals surface area contributed by atoms with Crippen molar-refractivity contribution in [1.82, 2.24) is 0 Å². The molecule has 2 aromatic carbocycles. The number of rotatable bonds is 3. The number of hydrogen-bond donors (Lipinski definition) is 1. The summed E-state index contributed by atoms with van der Waals surface area (Å²) in [5.74, 6) is -0.235. The van der Waals surface area contributed by atoms with Crippen LogP contribution in [0.4, 0.5) is 10.1 Å². The minimum atomic E-state index is -0.235. The van der Waals surface area contributed by atoms with E-state index in [9.17, 15) is 4.39 Å². The molecule has 0 amide bonds. The van der Waals surface area contributed by atoms with Gasteiger partial charge in [-0.05, 0) is 48.9 Å². The van der Waals surface area contributed by atoms with Crippen LogP contribution in [0.15, 0.2) is 40.9 Å². The molecule has 2 rings (SSSR count). The Hall–Kier alpha value is -1.86. The minimum Gasteiger partial charge on any atom is -0.381 e. The molecule has 2 nitrogen and oxygen atoms in total. The molecular weight excluding hydrogens is 307 g/mol. The van der Waals surface area contributed by atoms with Crippen LogP contribution >= 0.6 is 15.9 Å². The molecular formula is C15H12BrFN2. The van der Waals surface area contributed by atoms with Gasteiger partial charge in [0.2, 0.25) is 0 Å². The van der Waals surface area contributed by atoms with Crippen LogP contribution in [0.1, 0.15) is 16.7 Å². The normalized spacial score (nSPS) is 10.0.